The van der Waals surface area contributed by atoms with Gasteiger partial charge in [-0.2, -0.15) is 0 Å². The third-order valence-corrected chi connectivity index (χ3v) is 3.95. The van der Waals surface area contributed by atoms with Crippen LogP contribution in [0.2, 0.25) is 0 Å². The van der Waals surface area contributed by atoms with Crippen LogP contribution in [0.1, 0.15) is 32.8 Å². The molecule has 106 valence electrons. The van der Waals surface area contributed by atoms with Gasteiger partial charge >= 0.3 is 0 Å². The molecule has 2 atom stereocenters. The first-order valence-corrected chi connectivity index (χ1v) is 7.51. The molecule has 3 heteroatoms. The third kappa shape index (κ3) is 4.59. The van der Waals surface area contributed by atoms with E-state index in [0.717, 1.165) is 25.4 Å². The second kappa shape index (κ2) is 7.01. The average Bonchev–Trinajstić information content (AvgIpc) is 2.40. The zero-order valence-corrected chi connectivity index (χ0v) is 12.5. The molecular formula is C16H27N3. The molecule has 0 amide bonds. The van der Waals surface area contributed by atoms with E-state index in [0.29, 0.717) is 12.1 Å². The predicted molar refractivity (Wildman–Crippen MR) is 80.2 cm³/mol. The van der Waals surface area contributed by atoms with E-state index in [-0.39, 0.29) is 0 Å². The van der Waals surface area contributed by atoms with Crippen molar-refractivity contribution < 1.29 is 0 Å². The predicted octanol–water partition coefficient (Wildman–Crippen LogP) is 2.33. The first-order valence-electron chi connectivity index (χ1n) is 7.51. The van der Waals surface area contributed by atoms with Crippen molar-refractivity contribution in [3.05, 3.63) is 30.1 Å². The van der Waals surface area contributed by atoms with E-state index >= 15 is 0 Å². The first kappa shape index (κ1) is 14.5. The molecule has 0 saturated carbocycles. The topological polar surface area (TPSA) is 28.2 Å². The van der Waals surface area contributed by atoms with Gasteiger partial charge in [0.15, 0.2) is 0 Å². The molecule has 3 nitrogen and oxygen atoms in total. The van der Waals surface area contributed by atoms with Crippen LogP contribution in [0.5, 0.6) is 0 Å². The maximum atomic E-state index is 4.19. The number of rotatable bonds is 5. The molecule has 0 radical (unpaired) electrons. The van der Waals surface area contributed by atoms with Gasteiger partial charge in [0.25, 0.3) is 0 Å². The van der Waals surface area contributed by atoms with Gasteiger partial charge in [0, 0.05) is 44.1 Å². The second-order valence-electron chi connectivity index (χ2n) is 6.19. The van der Waals surface area contributed by atoms with Crippen LogP contribution < -0.4 is 5.32 Å². The summed E-state index contributed by atoms with van der Waals surface area (Å²) in [5.74, 6) is 0.770. The van der Waals surface area contributed by atoms with Crippen molar-refractivity contribution in [3.8, 4) is 0 Å². The van der Waals surface area contributed by atoms with Crippen molar-refractivity contribution in [3.63, 3.8) is 0 Å². The lowest BCUT2D eigenvalue weighted by atomic mass is 10.00. The van der Waals surface area contributed by atoms with Gasteiger partial charge in [-0.05, 0) is 37.3 Å². The Morgan fingerprint density at radius 1 is 1.47 bits per heavy atom. The molecule has 1 N–H and O–H groups in total. The molecule has 1 aliphatic heterocycles. The Bertz CT molecular complexity index is 364. The molecule has 1 saturated heterocycles. The Morgan fingerprint density at radius 2 is 2.32 bits per heavy atom. The summed E-state index contributed by atoms with van der Waals surface area (Å²) in [7, 11) is 0. The van der Waals surface area contributed by atoms with E-state index in [9.17, 15) is 0 Å². The largest absolute Gasteiger partial charge is 0.311 e. The molecule has 19 heavy (non-hydrogen) atoms. The van der Waals surface area contributed by atoms with E-state index in [1.54, 1.807) is 0 Å². The van der Waals surface area contributed by atoms with Crippen molar-refractivity contribution in [1.82, 2.24) is 15.2 Å². The van der Waals surface area contributed by atoms with Crippen LogP contribution in [0.25, 0.3) is 0 Å². The van der Waals surface area contributed by atoms with Crippen LogP contribution >= 0.6 is 0 Å². The summed E-state index contributed by atoms with van der Waals surface area (Å²) in [5, 5.41) is 3.67. The average molecular weight is 261 g/mol. The summed E-state index contributed by atoms with van der Waals surface area (Å²) in [5.41, 5.74) is 1.34. The highest BCUT2D eigenvalue weighted by Crippen LogP contribution is 2.13. The van der Waals surface area contributed by atoms with E-state index < -0.39 is 0 Å². The molecule has 0 aliphatic carbocycles. The number of piperazine rings is 1. The minimum absolute atomic E-state index is 0.639. The minimum Gasteiger partial charge on any atom is -0.311 e. The van der Waals surface area contributed by atoms with Gasteiger partial charge < -0.3 is 5.32 Å². The molecular weight excluding hydrogens is 234 g/mol. The lowest BCUT2D eigenvalue weighted by Gasteiger charge is -2.39. The first-order chi connectivity index (χ1) is 9.15. The maximum Gasteiger partial charge on any atom is 0.0300 e. The van der Waals surface area contributed by atoms with Crippen molar-refractivity contribution in [1.29, 1.82) is 0 Å². The number of nitrogens with one attached hydrogen (secondary N) is 1. The van der Waals surface area contributed by atoms with E-state index in [2.05, 4.69) is 42.0 Å². The summed E-state index contributed by atoms with van der Waals surface area (Å²) in [6, 6.07) is 5.49. The monoisotopic (exact) mass is 261 g/mol. The Morgan fingerprint density at radius 3 is 3.00 bits per heavy atom. The van der Waals surface area contributed by atoms with E-state index in [4.69, 9.17) is 0 Å². The van der Waals surface area contributed by atoms with Crippen molar-refractivity contribution >= 4 is 0 Å². The quantitative estimate of drug-likeness (QED) is 0.882. The van der Waals surface area contributed by atoms with E-state index in [1.165, 1.54) is 18.5 Å². The Hall–Kier alpha value is -0.930. The lowest BCUT2D eigenvalue weighted by molar-refractivity contribution is 0.133. The summed E-state index contributed by atoms with van der Waals surface area (Å²) in [6.07, 6.45) is 6.21. The molecule has 2 unspecified atom stereocenters. The molecule has 2 heterocycles. The molecule has 0 aromatic carbocycles. The fourth-order valence-corrected chi connectivity index (χ4v) is 2.85. The van der Waals surface area contributed by atoms with Gasteiger partial charge in [0.2, 0.25) is 0 Å². The molecule has 2 rings (SSSR count). The van der Waals surface area contributed by atoms with Gasteiger partial charge in [0.05, 0.1) is 0 Å². The number of pyridine rings is 1. The highest BCUT2D eigenvalue weighted by molar-refractivity contribution is 5.08. The fraction of sp³-hybridized carbons (Fsp3) is 0.688. The zero-order chi connectivity index (χ0) is 13.7. The molecule has 1 aromatic heterocycles. The van der Waals surface area contributed by atoms with E-state index in [1.807, 2.05) is 18.5 Å². The Labute approximate surface area is 117 Å². The van der Waals surface area contributed by atoms with Crippen LogP contribution in [0.4, 0.5) is 0 Å². The SMILES string of the molecule is CC(C)CC1CN(CCc2cccnc2)C(C)CN1. The summed E-state index contributed by atoms with van der Waals surface area (Å²) in [6.45, 7) is 10.4. The molecule has 1 aromatic rings. The molecule has 0 bridgehead atoms. The summed E-state index contributed by atoms with van der Waals surface area (Å²) < 4.78 is 0. The van der Waals surface area contributed by atoms with Gasteiger partial charge in [-0.15, -0.1) is 0 Å². The van der Waals surface area contributed by atoms with Gasteiger partial charge in [-0.1, -0.05) is 19.9 Å². The smallest absolute Gasteiger partial charge is 0.0300 e. The minimum atomic E-state index is 0.639. The fourth-order valence-electron chi connectivity index (χ4n) is 2.85. The Balaban J connectivity index is 1.83. The normalized spacial score (nSPS) is 24.8. The number of hydrogen-bond donors (Lipinski definition) is 1. The zero-order valence-electron chi connectivity index (χ0n) is 12.5. The highest BCUT2D eigenvalue weighted by atomic mass is 15.2. The van der Waals surface area contributed by atoms with Gasteiger partial charge in [-0.25, -0.2) is 0 Å². The Kier molecular flexibility index (Phi) is 5.34. The van der Waals surface area contributed by atoms with Crippen molar-refractivity contribution in [2.45, 2.75) is 45.7 Å². The summed E-state index contributed by atoms with van der Waals surface area (Å²) in [4.78, 5) is 6.81. The standard InChI is InChI=1S/C16H27N3/c1-13(2)9-16-12-19(14(3)10-18-16)8-6-15-5-4-7-17-11-15/h4-5,7,11,13-14,16,18H,6,8-10,12H2,1-3H3. The van der Waals surface area contributed by atoms with Crippen molar-refractivity contribution in [2.24, 2.45) is 5.92 Å². The molecule has 1 fully saturated rings. The van der Waals surface area contributed by atoms with Crippen LogP contribution in [-0.4, -0.2) is 41.6 Å². The van der Waals surface area contributed by atoms with Crippen molar-refractivity contribution in [2.75, 3.05) is 19.6 Å². The number of nitrogens with zero attached hydrogens (tertiary/aromatic N) is 2. The van der Waals surface area contributed by atoms with Gasteiger partial charge in [-0.3, -0.25) is 9.88 Å². The third-order valence-electron chi connectivity index (χ3n) is 3.95. The maximum absolute atomic E-state index is 4.19. The second-order valence-corrected chi connectivity index (χ2v) is 6.19. The summed E-state index contributed by atoms with van der Waals surface area (Å²) >= 11 is 0. The van der Waals surface area contributed by atoms with Crippen LogP contribution in [0.15, 0.2) is 24.5 Å². The highest BCUT2D eigenvalue weighted by Gasteiger charge is 2.24. The number of aromatic nitrogens is 1. The molecule has 0 spiro atoms. The van der Waals surface area contributed by atoms with Gasteiger partial charge in [0.1, 0.15) is 0 Å². The van der Waals surface area contributed by atoms with Crippen LogP contribution in [-0.2, 0) is 6.42 Å². The lowest BCUT2D eigenvalue weighted by Crippen LogP contribution is -2.56. The molecule has 1 aliphatic rings. The van der Waals surface area contributed by atoms with Crippen LogP contribution in [0.3, 0.4) is 0 Å². The van der Waals surface area contributed by atoms with Crippen LogP contribution in [0, 0.1) is 5.92 Å². The number of hydrogen-bond acceptors (Lipinski definition) is 3.